The quantitative estimate of drug-likeness (QED) is 0.553. The first-order chi connectivity index (χ1) is 7.61. The summed E-state index contributed by atoms with van der Waals surface area (Å²) in [6.45, 7) is 0.256. The molecule has 0 spiro atoms. The molecule has 0 unspecified atom stereocenters. The fraction of sp³-hybridized carbons (Fsp3) is 0.222. The van der Waals surface area contributed by atoms with Gasteiger partial charge in [0.05, 0.1) is 11.8 Å². The van der Waals surface area contributed by atoms with Gasteiger partial charge in [-0.15, -0.1) is 0 Å². The summed E-state index contributed by atoms with van der Waals surface area (Å²) in [7, 11) is 0. The van der Waals surface area contributed by atoms with Gasteiger partial charge in [-0.05, 0) is 17.7 Å². The van der Waals surface area contributed by atoms with E-state index in [1.54, 1.807) is 0 Å². The Kier molecular flexibility index (Phi) is 2.66. The summed E-state index contributed by atoms with van der Waals surface area (Å²) >= 11 is 5.18. The molecule has 16 heavy (non-hydrogen) atoms. The van der Waals surface area contributed by atoms with Crippen molar-refractivity contribution < 1.29 is 18.8 Å². The minimum Gasteiger partial charge on any atom is -0.472 e. The number of halogens is 1. The molecule has 0 aliphatic carbocycles. The second-order valence-electron chi connectivity index (χ2n) is 3.16. The minimum absolute atomic E-state index is 0.116. The van der Waals surface area contributed by atoms with Crippen LogP contribution in [0.3, 0.4) is 0 Å². The highest BCUT2D eigenvalue weighted by atomic mass is 35.5. The lowest BCUT2D eigenvalue weighted by atomic mass is 10.3. The maximum Gasteiger partial charge on any atom is 0.334 e. The van der Waals surface area contributed by atoms with Gasteiger partial charge in [-0.1, -0.05) is 0 Å². The van der Waals surface area contributed by atoms with Crippen molar-refractivity contribution in [3.05, 3.63) is 24.2 Å². The van der Waals surface area contributed by atoms with Gasteiger partial charge in [0.1, 0.15) is 6.26 Å². The third kappa shape index (κ3) is 1.67. The molecular formula is C9H7ClN2O4. The van der Waals surface area contributed by atoms with E-state index in [1.165, 1.54) is 18.6 Å². The molecule has 7 heteroatoms. The van der Waals surface area contributed by atoms with E-state index < -0.39 is 17.3 Å². The fourth-order valence-corrected chi connectivity index (χ4v) is 1.59. The first kappa shape index (κ1) is 10.7. The van der Waals surface area contributed by atoms with Crippen LogP contribution in [0, 0.1) is 0 Å². The Balaban J connectivity index is 2.16. The van der Waals surface area contributed by atoms with Crippen LogP contribution in [0.5, 0.6) is 0 Å². The number of hydrogen-bond acceptors (Lipinski definition) is 4. The van der Waals surface area contributed by atoms with Gasteiger partial charge in [-0.25, -0.2) is 9.69 Å². The van der Waals surface area contributed by atoms with E-state index in [1.807, 2.05) is 0 Å². The van der Waals surface area contributed by atoms with Gasteiger partial charge < -0.3 is 4.42 Å². The van der Waals surface area contributed by atoms with Crippen LogP contribution in [0.2, 0.25) is 0 Å². The third-order valence-electron chi connectivity index (χ3n) is 2.23. The molecule has 0 saturated carbocycles. The molecule has 0 atom stereocenters. The van der Waals surface area contributed by atoms with Gasteiger partial charge in [-0.2, -0.15) is 0 Å². The second kappa shape index (κ2) is 3.97. The molecular weight excluding hydrogens is 236 g/mol. The third-order valence-corrected chi connectivity index (χ3v) is 2.44. The Labute approximate surface area is 95.4 Å². The first-order valence-corrected chi connectivity index (χ1v) is 4.84. The summed E-state index contributed by atoms with van der Waals surface area (Å²) in [5.41, 5.74) is 0.261. The van der Waals surface area contributed by atoms with Crippen LogP contribution in [0.25, 0.3) is 0 Å². The van der Waals surface area contributed by atoms with E-state index in [-0.39, 0.29) is 18.7 Å². The number of nitrogens with zero attached hydrogens (tertiary/aromatic N) is 2. The molecule has 1 aromatic heterocycles. The maximum atomic E-state index is 11.8. The Morgan fingerprint density at radius 2 is 2.00 bits per heavy atom. The normalized spacial score (nSPS) is 15.7. The van der Waals surface area contributed by atoms with Crippen molar-refractivity contribution in [3.8, 4) is 0 Å². The van der Waals surface area contributed by atoms with Crippen LogP contribution in [0.1, 0.15) is 10.4 Å². The topological polar surface area (TPSA) is 70.8 Å². The zero-order valence-corrected chi connectivity index (χ0v) is 8.81. The number of carbonyl (C=O) groups excluding carboxylic acids is 3. The molecule has 0 radical (unpaired) electrons. The Morgan fingerprint density at radius 3 is 2.50 bits per heavy atom. The lowest BCUT2D eigenvalue weighted by Crippen LogP contribution is -2.37. The van der Waals surface area contributed by atoms with Gasteiger partial charge in [0, 0.05) is 13.1 Å². The highest BCUT2D eigenvalue weighted by molar-refractivity contribution is 6.64. The molecule has 4 amide bonds. The predicted octanol–water partition coefficient (Wildman–Crippen LogP) is 1.52. The van der Waals surface area contributed by atoms with Gasteiger partial charge in [-0.3, -0.25) is 14.5 Å². The molecule has 6 nitrogen and oxygen atoms in total. The molecule has 1 aliphatic heterocycles. The Bertz CT molecular complexity index is 442. The van der Waals surface area contributed by atoms with Crippen molar-refractivity contribution in [2.75, 3.05) is 13.1 Å². The fourth-order valence-electron chi connectivity index (χ4n) is 1.43. The summed E-state index contributed by atoms with van der Waals surface area (Å²) in [5.74, 6) is -0.501. The van der Waals surface area contributed by atoms with Gasteiger partial charge in [0.2, 0.25) is 0 Å². The molecule has 84 valence electrons. The summed E-state index contributed by atoms with van der Waals surface area (Å²) < 4.78 is 4.74. The van der Waals surface area contributed by atoms with Crippen LogP contribution in [-0.2, 0) is 0 Å². The first-order valence-electron chi connectivity index (χ1n) is 4.46. The number of amides is 4. The van der Waals surface area contributed by atoms with Crippen molar-refractivity contribution >= 4 is 28.9 Å². The minimum atomic E-state index is -0.882. The highest BCUT2D eigenvalue weighted by Crippen LogP contribution is 2.15. The lowest BCUT2D eigenvalue weighted by molar-refractivity contribution is 0.0824. The van der Waals surface area contributed by atoms with E-state index in [0.29, 0.717) is 0 Å². The number of urea groups is 1. The monoisotopic (exact) mass is 242 g/mol. The summed E-state index contributed by atoms with van der Waals surface area (Å²) in [4.78, 5) is 35.9. The van der Waals surface area contributed by atoms with E-state index in [0.717, 1.165) is 9.80 Å². The maximum absolute atomic E-state index is 11.8. The number of rotatable bonds is 1. The van der Waals surface area contributed by atoms with Crippen molar-refractivity contribution in [1.29, 1.82) is 0 Å². The van der Waals surface area contributed by atoms with Crippen molar-refractivity contribution in [1.82, 2.24) is 9.80 Å². The van der Waals surface area contributed by atoms with Gasteiger partial charge in [0.15, 0.2) is 0 Å². The summed E-state index contributed by atoms with van der Waals surface area (Å²) in [5, 5.41) is -0.882. The number of hydrogen-bond donors (Lipinski definition) is 0. The van der Waals surface area contributed by atoms with Crippen molar-refractivity contribution in [3.63, 3.8) is 0 Å². The number of furan rings is 1. The standard InChI is InChI=1S/C9H7ClN2O4/c10-8(14)12-3-2-11(9(12)15)7(13)6-1-4-16-5-6/h1,4-5H,2-3H2. The van der Waals surface area contributed by atoms with Crippen molar-refractivity contribution in [2.45, 2.75) is 0 Å². The predicted molar refractivity (Wildman–Crippen MR) is 53.1 cm³/mol. The zero-order chi connectivity index (χ0) is 11.7. The van der Waals surface area contributed by atoms with Crippen LogP contribution in [0.4, 0.5) is 9.59 Å². The summed E-state index contributed by atoms with van der Waals surface area (Å²) in [6, 6.07) is 0.743. The average Bonchev–Trinajstić information content (AvgIpc) is 2.84. The summed E-state index contributed by atoms with van der Waals surface area (Å²) in [6.07, 6.45) is 2.57. The molecule has 1 aromatic rings. The van der Waals surface area contributed by atoms with E-state index in [2.05, 4.69) is 0 Å². The SMILES string of the molecule is O=C(Cl)N1CCN(C(=O)c2ccoc2)C1=O. The zero-order valence-electron chi connectivity index (χ0n) is 8.05. The molecule has 0 N–H and O–H groups in total. The smallest absolute Gasteiger partial charge is 0.334 e. The van der Waals surface area contributed by atoms with E-state index >= 15 is 0 Å². The molecule has 0 aromatic carbocycles. The van der Waals surface area contributed by atoms with Crippen LogP contribution >= 0.6 is 11.6 Å². The Morgan fingerprint density at radius 1 is 1.31 bits per heavy atom. The highest BCUT2D eigenvalue weighted by Gasteiger charge is 2.36. The van der Waals surface area contributed by atoms with Crippen LogP contribution in [0.15, 0.2) is 23.0 Å². The molecule has 0 bridgehead atoms. The van der Waals surface area contributed by atoms with Crippen LogP contribution in [-0.4, -0.2) is 40.2 Å². The number of imide groups is 2. The second-order valence-corrected chi connectivity index (χ2v) is 3.48. The van der Waals surface area contributed by atoms with Crippen LogP contribution < -0.4 is 0 Å². The molecule has 1 saturated heterocycles. The molecule has 1 fully saturated rings. The largest absolute Gasteiger partial charge is 0.472 e. The van der Waals surface area contributed by atoms with E-state index in [4.69, 9.17) is 16.0 Å². The number of carbonyl (C=O) groups is 3. The van der Waals surface area contributed by atoms with Gasteiger partial charge >= 0.3 is 11.4 Å². The average molecular weight is 243 g/mol. The van der Waals surface area contributed by atoms with E-state index in [9.17, 15) is 14.4 Å². The molecule has 2 heterocycles. The lowest BCUT2D eigenvalue weighted by Gasteiger charge is -2.12. The molecule has 1 aliphatic rings. The van der Waals surface area contributed by atoms with Crippen molar-refractivity contribution in [2.24, 2.45) is 0 Å². The Hall–Kier alpha value is -1.82. The molecule has 2 rings (SSSR count). The van der Waals surface area contributed by atoms with Gasteiger partial charge in [0.25, 0.3) is 5.91 Å².